The zero-order chi connectivity index (χ0) is 13.7. The topological polar surface area (TPSA) is 39.7 Å². The van der Waals surface area contributed by atoms with Crippen molar-refractivity contribution < 1.29 is 14.3 Å². The van der Waals surface area contributed by atoms with Crippen molar-refractivity contribution in [1.82, 2.24) is 5.48 Å². The first-order chi connectivity index (χ1) is 9.24. The van der Waals surface area contributed by atoms with E-state index in [-0.39, 0.29) is 0 Å². The van der Waals surface area contributed by atoms with Crippen LogP contribution in [0.1, 0.15) is 31.2 Å². The first-order valence-electron chi connectivity index (χ1n) is 6.53. The Bertz CT molecular complexity index is 419. The van der Waals surface area contributed by atoms with Gasteiger partial charge in [-0.1, -0.05) is 15.9 Å². The summed E-state index contributed by atoms with van der Waals surface area (Å²) in [5.74, 6) is 1.57. The van der Waals surface area contributed by atoms with Crippen molar-refractivity contribution in [2.24, 2.45) is 0 Å². The van der Waals surface area contributed by atoms with Crippen LogP contribution in [-0.2, 0) is 11.4 Å². The molecular formula is C14H20BrNO3. The van der Waals surface area contributed by atoms with Gasteiger partial charge in [0, 0.05) is 11.0 Å². The molecule has 0 radical (unpaired) electrons. The predicted molar refractivity (Wildman–Crippen MR) is 77.4 cm³/mol. The second-order valence-electron chi connectivity index (χ2n) is 4.64. The molecule has 5 heteroatoms. The van der Waals surface area contributed by atoms with Crippen LogP contribution < -0.4 is 15.0 Å². The normalized spacial score (nSPS) is 15.7. The Kier molecular flexibility index (Phi) is 5.48. The molecule has 0 aliphatic heterocycles. The van der Waals surface area contributed by atoms with E-state index in [0.717, 1.165) is 34.4 Å². The van der Waals surface area contributed by atoms with Crippen molar-refractivity contribution in [3.05, 3.63) is 22.2 Å². The van der Waals surface area contributed by atoms with Crippen LogP contribution in [0.25, 0.3) is 0 Å². The number of ether oxygens (including phenoxy) is 2. The maximum Gasteiger partial charge on any atom is 0.162 e. The minimum absolute atomic E-state index is 0.323. The summed E-state index contributed by atoms with van der Waals surface area (Å²) in [5, 5.41) is 0. The first-order valence-corrected chi connectivity index (χ1v) is 7.32. The molecule has 1 aromatic carbocycles. The first kappa shape index (κ1) is 14.6. The number of nitrogens with one attached hydrogen (secondary N) is 1. The molecule has 106 valence electrons. The Labute approximate surface area is 122 Å². The quantitative estimate of drug-likeness (QED) is 0.811. The lowest BCUT2D eigenvalue weighted by Gasteiger charge is -2.17. The SMILES string of the molecule is CONCc1cc(OC)c(OC2CCCC2)cc1Br. The molecule has 1 saturated carbocycles. The molecule has 1 fully saturated rings. The van der Waals surface area contributed by atoms with Crippen LogP contribution in [0, 0.1) is 0 Å². The molecule has 1 aromatic rings. The Hall–Kier alpha value is -0.780. The summed E-state index contributed by atoms with van der Waals surface area (Å²) in [6.45, 7) is 0.608. The number of benzene rings is 1. The van der Waals surface area contributed by atoms with Gasteiger partial charge in [-0.25, -0.2) is 0 Å². The molecule has 0 amide bonds. The zero-order valence-electron chi connectivity index (χ0n) is 11.4. The number of methoxy groups -OCH3 is 1. The average molecular weight is 330 g/mol. The van der Waals surface area contributed by atoms with Gasteiger partial charge in [-0.2, -0.15) is 5.48 Å². The molecule has 1 aliphatic rings. The molecular weight excluding hydrogens is 310 g/mol. The number of halogens is 1. The molecule has 2 rings (SSSR count). The van der Waals surface area contributed by atoms with Gasteiger partial charge in [-0.15, -0.1) is 0 Å². The van der Waals surface area contributed by atoms with Crippen molar-refractivity contribution in [2.75, 3.05) is 14.2 Å². The van der Waals surface area contributed by atoms with Crippen molar-refractivity contribution in [1.29, 1.82) is 0 Å². The van der Waals surface area contributed by atoms with Crippen LogP contribution in [-0.4, -0.2) is 20.3 Å². The molecule has 4 nitrogen and oxygen atoms in total. The fraction of sp³-hybridized carbons (Fsp3) is 0.571. The van der Waals surface area contributed by atoms with Crippen LogP contribution in [0.5, 0.6) is 11.5 Å². The van der Waals surface area contributed by atoms with Gasteiger partial charge in [0.15, 0.2) is 11.5 Å². The Balaban J connectivity index is 2.15. The van der Waals surface area contributed by atoms with E-state index < -0.39 is 0 Å². The summed E-state index contributed by atoms with van der Waals surface area (Å²) in [5.41, 5.74) is 3.89. The van der Waals surface area contributed by atoms with E-state index in [1.807, 2.05) is 12.1 Å². The molecule has 0 bridgehead atoms. The predicted octanol–water partition coefficient (Wildman–Crippen LogP) is 3.43. The second-order valence-corrected chi connectivity index (χ2v) is 5.50. The smallest absolute Gasteiger partial charge is 0.162 e. The second kappa shape index (κ2) is 7.12. The number of hydroxylamine groups is 1. The van der Waals surface area contributed by atoms with Crippen molar-refractivity contribution in [3.63, 3.8) is 0 Å². The number of hydrogen-bond donors (Lipinski definition) is 1. The highest BCUT2D eigenvalue weighted by atomic mass is 79.9. The summed E-state index contributed by atoms with van der Waals surface area (Å²) >= 11 is 3.56. The highest BCUT2D eigenvalue weighted by Gasteiger charge is 2.19. The highest BCUT2D eigenvalue weighted by Crippen LogP contribution is 2.36. The van der Waals surface area contributed by atoms with Crippen LogP contribution >= 0.6 is 15.9 Å². The number of hydrogen-bond acceptors (Lipinski definition) is 4. The standard InChI is InChI=1S/C14H20BrNO3/c1-17-13-7-10(9-16-18-2)12(15)8-14(13)19-11-5-3-4-6-11/h7-8,11,16H,3-6,9H2,1-2H3. The monoisotopic (exact) mass is 329 g/mol. The van der Waals surface area contributed by atoms with Gasteiger partial charge in [0.2, 0.25) is 0 Å². The minimum Gasteiger partial charge on any atom is -0.493 e. The highest BCUT2D eigenvalue weighted by molar-refractivity contribution is 9.10. The van der Waals surface area contributed by atoms with Crippen molar-refractivity contribution in [2.45, 2.75) is 38.3 Å². The molecule has 1 N–H and O–H groups in total. The fourth-order valence-corrected chi connectivity index (χ4v) is 2.76. The van der Waals surface area contributed by atoms with E-state index >= 15 is 0 Å². The van der Waals surface area contributed by atoms with Crippen LogP contribution in [0.4, 0.5) is 0 Å². The average Bonchev–Trinajstić information content (AvgIpc) is 2.91. The Morgan fingerprint density at radius 3 is 2.58 bits per heavy atom. The number of rotatable bonds is 6. The summed E-state index contributed by atoms with van der Waals surface area (Å²) < 4.78 is 12.4. The maximum absolute atomic E-state index is 6.03. The Morgan fingerprint density at radius 2 is 1.95 bits per heavy atom. The molecule has 0 unspecified atom stereocenters. The van der Waals surface area contributed by atoms with Gasteiger partial charge in [-0.3, -0.25) is 0 Å². The van der Waals surface area contributed by atoms with E-state index in [1.165, 1.54) is 12.8 Å². The molecule has 0 spiro atoms. The third-order valence-electron chi connectivity index (χ3n) is 3.34. The lowest BCUT2D eigenvalue weighted by molar-refractivity contribution is 0.0865. The summed E-state index contributed by atoms with van der Waals surface area (Å²) in [4.78, 5) is 4.87. The fourth-order valence-electron chi connectivity index (χ4n) is 2.30. The van der Waals surface area contributed by atoms with Gasteiger partial charge < -0.3 is 14.3 Å². The zero-order valence-corrected chi connectivity index (χ0v) is 13.0. The van der Waals surface area contributed by atoms with E-state index in [2.05, 4.69) is 21.4 Å². The molecule has 0 aromatic heterocycles. The largest absolute Gasteiger partial charge is 0.493 e. The summed E-state index contributed by atoms with van der Waals surface area (Å²) in [7, 11) is 3.26. The molecule has 0 atom stereocenters. The van der Waals surface area contributed by atoms with Gasteiger partial charge in [0.05, 0.1) is 20.3 Å². The van der Waals surface area contributed by atoms with E-state index in [1.54, 1.807) is 14.2 Å². The molecule has 19 heavy (non-hydrogen) atoms. The lowest BCUT2D eigenvalue weighted by Crippen LogP contribution is -2.13. The third kappa shape index (κ3) is 3.84. The van der Waals surface area contributed by atoms with Crippen molar-refractivity contribution in [3.8, 4) is 11.5 Å². The van der Waals surface area contributed by atoms with Crippen molar-refractivity contribution >= 4 is 15.9 Å². The molecule has 0 heterocycles. The van der Waals surface area contributed by atoms with E-state index in [0.29, 0.717) is 12.6 Å². The van der Waals surface area contributed by atoms with Crippen LogP contribution in [0.15, 0.2) is 16.6 Å². The van der Waals surface area contributed by atoms with Crippen LogP contribution in [0.2, 0.25) is 0 Å². The van der Waals surface area contributed by atoms with Crippen LogP contribution in [0.3, 0.4) is 0 Å². The summed E-state index contributed by atoms with van der Waals surface area (Å²) in [6, 6.07) is 3.95. The van der Waals surface area contributed by atoms with Gasteiger partial charge in [-0.05, 0) is 43.4 Å². The molecule has 1 aliphatic carbocycles. The lowest BCUT2D eigenvalue weighted by atomic mass is 10.2. The Morgan fingerprint density at radius 1 is 1.21 bits per heavy atom. The summed E-state index contributed by atoms with van der Waals surface area (Å²) in [6.07, 6.45) is 5.10. The van der Waals surface area contributed by atoms with Gasteiger partial charge in [0.25, 0.3) is 0 Å². The van der Waals surface area contributed by atoms with E-state index in [4.69, 9.17) is 14.3 Å². The van der Waals surface area contributed by atoms with Gasteiger partial charge >= 0.3 is 0 Å². The third-order valence-corrected chi connectivity index (χ3v) is 4.07. The van der Waals surface area contributed by atoms with Gasteiger partial charge in [0.1, 0.15) is 0 Å². The maximum atomic E-state index is 6.03. The minimum atomic E-state index is 0.323. The molecule has 0 saturated heterocycles. The van der Waals surface area contributed by atoms with E-state index in [9.17, 15) is 0 Å².